The summed E-state index contributed by atoms with van der Waals surface area (Å²) in [7, 11) is 0. The van der Waals surface area contributed by atoms with Crippen LogP contribution in [0.5, 0.6) is 0 Å². The Bertz CT molecular complexity index is 513. The number of rotatable bonds is 2. The Balaban J connectivity index is 0.000000464. The summed E-state index contributed by atoms with van der Waals surface area (Å²) in [5.41, 5.74) is 9.87. The van der Waals surface area contributed by atoms with E-state index in [0.717, 1.165) is 11.4 Å². The molecule has 0 spiro atoms. The number of hydrogen-bond donors (Lipinski definition) is 1. The largest absolute Gasteiger partial charge is 0.403 e. The van der Waals surface area contributed by atoms with Gasteiger partial charge in [-0.1, -0.05) is 33.3 Å². The second-order valence-electron chi connectivity index (χ2n) is 5.28. The number of aromatic nitrogens is 2. The van der Waals surface area contributed by atoms with Crippen LogP contribution in [-0.2, 0) is 0 Å². The van der Waals surface area contributed by atoms with Gasteiger partial charge in [0.25, 0.3) is 0 Å². The molecule has 120 valence electrons. The predicted octanol–water partition coefficient (Wildman–Crippen LogP) is 5.05. The van der Waals surface area contributed by atoms with Gasteiger partial charge in [-0.3, -0.25) is 9.97 Å². The number of nitrogens with two attached hydrogens (primary N) is 1. The maximum Gasteiger partial charge on any atom is 0.0888 e. The first-order valence-corrected chi connectivity index (χ1v) is 7.67. The van der Waals surface area contributed by atoms with Gasteiger partial charge in [0.05, 0.1) is 11.4 Å². The van der Waals surface area contributed by atoms with Crippen LogP contribution in [0.4, 0.5) is 0 Å². The van der Waals surface area contributed by atoms with Crippen molar-refractivity contribution in [1.82, 2.24) is 9.97 Å². The van der Waals surface area contributed by atoms with Crippen molar-refractivity contribution >= 4 is 0 Å². The Morgan fingerprint density at radius 1 is 0.955 bits per heavy atom. The normalized spacial score (nSPS) is 8.95. The van der Waals surface area contributed by atoms with Crippen molar-refractivity contribution in [2.75, 3.05) is 0 Å². The van der Waals surface area contributed by atoms with E-state index in [1.165, 1.54) is 24.0 Å². The van der Waals surface area contributed by atoms with E-state index >= 15 is 0 Å². The van der Waals surface area contributed by atoms with Crippen molar-refractivity contribution in [3.63, 3.8) is 0 Å². The highest BCUT2D eigenvalue weighted by Gasteiger charge is 2.00. The van der Waals surface area contributed by atoms with Gasteiger partial charge in [-0.25, -0.2) is 0 Å². The van der Waals surface area contributed by atoms with Gasteiger partial charge in [0.2, 0.25) is 0 Å². The Morgan fingerprint density at radius 3 is 1.50 bits per heavy atom. The molecule has 0 aliphatic rings. The number of aryl methyl sites for hydroxylation is 2. The first-order valence-electron chi connectivity index (χ1n) is 7.67. The van der Waals surface area contributed by atoms with E-state index in [4.69, 9.17) is 5.73 Å². The van der Waals surface area contributed by atoms with Crippen molar-refractivity contribution in [3.8, 4) is 11.4 Å². The lowest BCUT2D eigenvalue weighted by atomic mass is 10.1. The van der Waals surface area contributed by atoms with Crippen LogP contribution in [-0.4, -0.2) is 9.97 Å². The minimum atomic E-state index is 0.667. The molecule has 2 aromatic rings. The fourth-order valence-electron chi connectivity index (χ4n) is 1.35. The highest BCUT2D eigenvalue weighted by Crippen LogP contribution is 2.15. The number of nitrogens with zero attached hydrogens (tertiary/aromatic N) is 2. The van der Waals surface area contributed by atoms with Crippen molar-refractivity contribution in [1.29, 1.82) is 0 Å². The Morgan fingerprint density at radius 2 is 1.27 bits per heavy atom. The van der Waals surface area contributed by atoms with Crippen LogP contribution in [0.15, 0.2) is 48.9 Å². The van der Waals surface area contributed by atoms with Crippen molar-refractivity contribution < 1.29 is 0 Å². The van der Waals surface area contributed by atoms with Gasteiger partial charge >= 0.3 is 0 Å². The standard InChI is InChI=1S/C12H12N2.C4H10.C3H7N/c1-9-3-5-13-11(7-9)12-8-10(2)4-6-14-12;1-3-4-2;1-3(2)4/h3-8H,1-2H3;3-4H2,1-2H3;1,4H2,2H3. The average Bonchev–Trinajstić information content (AvgIpc) is 2.47. The van der Waals surface area contributed by atoms with Crippen LogP contribution in [0.25, 0.3) is 11.4 Å². The summed E-state index contributed by atoms with van der Waals surface area (Å²) in [5, 5.41) is 0. The van der Waals surface area contributed by atoms with Crippen LogP contribution >= 0.6 is 0 Å². The minimum Gasteiger partial charge on any atom is -0.403 e. The molecule has 0 radical (unpaired) electrons. The highest BCUT2D eigenvalue weighted by atomic mass is 14.8. The number of pyridine rings is 2. The van der Waals surface area contributed by atoms with Crippen LogP contribution < -0.4 is 5.73 Å². The molecule has 22 heavy (non-hydrogen) atoms. The second-order valence-corrected chi connectivity index (χ2v) is 5.28. The van der Waals surface area contributed by atoms with E-state index in [1.54, 1.807) is 6.92 Å². The summed E-state index contributed by atoms with van der Waals surface area (Å²) in [6.45, 7) is 13.6. The van der Waals surface area contributed by atoms with Crippen molar-refractivity contribution in [3.05, 3.63) is 60.1 Å². The summed E-state index contributed by atoms with van der Waals surface area (Å²) < 4.78 is 0. The quantitative estimate of drug-likeness (QED) is 0.844. The molecule has 0 fully saturated rings. The molecule has 2 N–H and O–H groups in total. The SMILES string of the molecule is C=C(C)N.CCCC.Cc1ccnc(-c2cc(C)ccn2)c1. The van der Waals surface area contributed by atoms with E-state index < -0.39 is 0 Å². The first-order chi connectivity index (χ1) is 10.4. The third-order valence-corrected chi connectivity index (χ3v) is 2.59. The number of allylic oxidation sites excluding steroid dienone is 1. The fraction of sp³-hybridized carbons (Fsp3) is 0.368. The van der Waals surface area contributed by atoms with Crippen LogP contribution in [0, 0.1) is 13.8 Å². The summed E-state index contributed by atoms with van der Waals surface area (Å²) in [6, 6.07) is 8.06. The molecular weight excluding hydrogens is 270 g/mol. The zero-order valence-electron chi connectivity index (χ0n) is 14.6. The molecule has 2 heterocycles. The molecular formula is C19H29N3. The highest BCUT2D eigenvalue weighted by molar-refractivity contribution is 5.55. The Hall–Kier alpha value is -2.16. The topological polar surface area (TPSA) is 51.8 Å². The predicted molar refractivity (Wildman–Crippen MR) is 96.5 cm³/mol. The average molecular weight is 299 g/mol. The third-order valence-electron chi connectivity index (χ3n) is 2.59. The third kappa shape index (κ3) is 9.70. The molecule has 2 rings (SSSR count). The van der Waals surface area contributed by atoms with E-state index in [-0.39, 0.29) is 0 Å². The van der Waals surface area contributed by atoms with Gasteiger partial charge < -0.3 is 5.73 Å². The van der Waals surface area contributed by atoms with Gasteiger partial charge in [0, 0.05) is 12.4 Å². The zero-order valence-corrected chi connectivity index (χ0v) is 14.6. The molecule has 0 bridgehead atoms. The second kappa shape index (κ2) is 11.5. The maximum absolute atomic E-state index is 4.92. The van der Waals surface area contributed by atoms with Crippen molar-refractivity contribution in [2.45, 2.75) is 47.5 Å². The van der Waals surface area contributed by atoms with Crippen molar-refractivity contribution in [2.24, 2.45) is 5.73 Å². The minimum absolute atomic E-state index is 0.667. The van der Waals surface area contributed by atoms with Gasteiger partial charge in [0.1, 0.15) is 0 Å². The lowest BCUT2D eigenvalue weighted by Gasteiger charge is -2.01. The summed E-state index contributed by atoms with van der Waals surface area (Å²) in [5.74, 6) is 0. The smallest absolute Gasteiger partial charge is 0.0888 e. The molecule has 3 nitrogen and oxygen atoms in total. The molecule has 0 unspecified atom stereocenters. The summed E-state index contributed by atoms with van der Waals surface area (Å²) in [4.78, 5) is 8.58. The Kier molecular flexibility index (Phi) is 10.4. The molecule has 2 aromatic heterocycles. The molecule has 0 aliphatic carbocycles. The first kappa shape index (κ1) is 19.8. The molecule has 0 saturated carbocycles. The number of unbranched alkanes of at least 4 members (excludes halogenated alkanes) is 1. The molecule has 0 saturated heterocycles. The molecule has 0 amide bonds. The molecule has 3 heteroatoms. The van der Waals surface area contributed by atoms with Gasteiger partial charge in [-0.2, -0.15) is 0 Å². The lowest BCUT2D eigenvalue weighted by molar-refractivity contribution is 0.886. The molecule has 0 aliphatic heterocycles. The van der Waals surface area contributed by atoms with E-state index in [9.17, 15) is 0 Å². The van der Waals surface area contributed by atoms with E-state index in [0.29, 0.717) is 5.70 Å². The van der Waals surface area contributed by atoms with E-state index in [2.05, 4.69) is 44.2 Å². The summed E-state index contributed by atoms with van der Waals surface area (Å²) in [6.07, 6.45) is 6.27. The van der Waals surface area contributed by atoms with Crippen LogP contribution in [0.3, 0.4) is 0 Å². The molecule has 0 atom stereocenters. The monoisotopic (exact) mass is 299 g/mol. The van der Waals surface area contributed by atoms with Gasteiger partial charge in [0.15, 0.2) is 0 Å². The maximum atomic E-state index is 4.92. The van der Waals surface area contributed by atoms with Gasteiger partial charge in [-0.05, 0) is 61.9 Å². The van der Waals surface area contributed by atoms with Gasteiger partial charge in [-0.15, -0.1) is 0 Å². The number of hydrogen-bond acceptors (Lipinski definition) is 3. The summed E-state index contributed by atoms with van der Waals surface area (Å²) >= 11 is 0. The molecule has 0 aromatic carbocycles. The van der Waals surface area contributed by atoms with E-state index in [1.807, 2.05) is 36.7 Å². The van der Waals surface area contributed by atoms with Crippen LogP contribution in [0.2, 0.25) is 0 Å². The fourth-order valence-corrected chi connectivity index (χ4v) is 1.35. The Labute approximate surface area is 135 Å². The van der Waals surface area contributed by atoms with Crippen LogP contribution in [0.1, 0.15) is 44.7 Å². The lowest BCUT2D eigenvalue weighted by Crippen LogP contribution is -1.88. The zero-order chi connectivity index (χ0) is 17.0.